The van der Waals surface area contributed by atoms with E-state index >= 15 is 0 Å². The highest BCUT2D eigenvalue weighted by Crippen LogP contribution is 2.41. The summed E-state index contributed by atoms with van der Waals surface area (Å²) in [6.45, 7) is 4.90. The Morgan fingerprint density at radius 2 is 1.72 bits per heavy atom. The molecule has 2 heterocycles. The second-order valence-corrected chi connectivity index (χ2v) is 7.21. The van der Waals surface area contributed by atoms with Crippen molar-refractivity contribution in [1.82, 2.24) is 14.9 Å². The van der Waals surface area contributed by atoms with Crippen LogP contribution in [0.2, 0.25) is 0 Å². The van der Waals surface area contributed by atoms with Gasteiger partial charge in [0.25, 0.3) is 0 Å². The molecule has 2 aliphatic carbocycles. The first-order valence-electron chi connectivity index (χ1n) is 8.75. The van der Waals surface area contributed by atoms with Crippen LogP contribution in [0.15, 0.2) is 6.07 Å². The Labute approximate surface area is 161 Å². The molecule has 6 nitrogen and oxygen atoms in total. The van der Waals surface area contributed by atoms with Gasteiger partial charge in [-0.15, -0.1) is 24.8 Å². The number of hydrogen-bond donors (Lipinski definition) is 1. The summed E-state index contributed by atoms with van der Waals surface area (Å²) in [7, 11) is 0. The van der Waals surface area contributed by atoms with Crippen LogP contribution in [0.5, 0.6) is 0 Å². The quantitative estimate of drug-likeness (QED) is 0.858. The van der Waals surface area contributed by atoms with Crippen molar-refractivity contribution in [2.24, 2.45) is 5.73 Å². The lowest BCUT2D eigenvalue weighted by Crippen LogP contribution is -2.48. The number of hydrogen-bond acceptors (Lipinski definition) is 5. The summed E-state index contributed by atoms with van der Waals surface area (Å²) in [5.74, 6) is 3.28. The van der Waals surface area contributed by atoms with Gasteiger partial charge in [0.1, 0.15) is 11.6 Å². The summed E-state index contributed by atoms with van der Waals surface area (Å²) in [4.78, 5) is 25.4. The van der Waals surface area contributed by atoms with E-state index in [1.54, 1.807) is 6.92 Å². The third-order valence-electron chi connectivity index (χ3n) is 5.33. The van der Waals surface area contributed by atoms with Crippen LogP contribution in [-0.2, 0) is 4.79 Å². The second kappa shape index (κ2) is 8.06. The summed E-state index contributed by atoms with van der Waals surface area (Å²) >= 11 is 0. The van der Waals surface area contributed by atoms with E-state index < -0.39 is 0 Å². The zero-order valence-electron chi connectivity index (χ0n) is 14.6. The number of carbonyl (C=O) groups is 1. The maximum absolute atomic E-state index is 11.5. The minimum absolute atomic E-state index is 0. The molecule has 1 saturated heterocycles. The molecule has 0 radical (unpaired) electrons. The third-order valence-corrected chi connectivity index (χ3v) is 5.33. The first kappa shape index (κ1) is 20.2. The number of halogens is 2. The van der Waals surface area contributed by atoms with Crippen LogP contribution in [0, 0.1) is 0 Å². The number of amides is 1. The zero-order chi connectivity index (χ0) is 16.0. The topological polar surface area (TPSA) is 75.4 Å². The highest BCUT2D eigenvalue weighted by Gasteiger charge is 2.33. The molecule has 0 atom stereocenters. The van der Waals surface area contributed by atoms with Crippen LogP contribution >= 0.6 is 24.8 Å². The van der Waals surface area contributed by atoms with E-state index in [-0.39, 0.29) is 30.7 Å². The molecule has 3 fully saturated rings. The number of rotatable bonds is 3. The molecule has 25 heavy (non-hydrogen) atoms. The van der Waals surface area contributed by atoms with Crippen molar-refractivity contribution in [1.29, 1.82) is 0 Å². The molecule has 1 aromatic heterocycles. The lowest BCUT2D eigenvalue weighted by Gasteiger charge is -2.36. The average Bonchev–Trinajstić information content (AvgIpc) is 3.36. The van der Waals surface area contributed by atoms with Gasteiger partial charge in [0, 0.05) is 62.7 Å². The van der Waals surface area contributed by atoms with E-state index in [0.717, 1.165) is 50.7 Å². The maximum Gasteiger partial charge on any atom is 0.219 e. The maximum atomic E-state index is 11.5. The Balaban J connectivity index is 0.00000113. The van der Waals surface area contributed by atoms with Gasteiger partial charge in [-0.2, -0.15) is 0 Å². The molecule has 0 aromatic carbocycles. The van der Waals surface area contributed by atoms with E-state index in [4.69, 9.17) is 15.7 Å². The van der Waals surface area contributed by atoms with E-state index in [2.05, 4.69) is 11.0 Å². The van der Waals surface area contributed by atoms with Crippen LogP contribution < -0.4 is 10.6 Å². The molecule has 3 aliphatic rings. The van der Waals surface area contributed by atoms with Crippen LogP contribution in [-0.4, -0.2) is 53.0 Å². The summed E-state index contributed by atoms with van der Waals surface area (Å²) in [5.41, 5.74) is 7.12. The van der Waals surface area contributed by atoms with Gasteiger partial charge < -0.3 is 15.5 Å². The summed E-state index contributed by atoms with van der Waals surface area (Å²) < 4.78 is 0. The molecule has 0 unspecified atom stereocenters. The predicted octanol–water partition coefficient (Wildman–Crippen LogP) is 2.07. The van der Waals surface area contributed by atoms with Crippen molar-refractivity contribution in [3.63, 3.8) is 0 Å². The average molecular weight is 388 g/mol. The monoisotopic (exact) mass is 387 g/mol. The van der Waals surface area contributed by atoms with Crippen molar-refractivity contribution >= 4 is 36.5 Å². The van der Waals surface area contributed by atoms with Crippen LogP contribution in [0.25, 0.3) is 0 Å². The largest absolute Gasteiger partial charge is 0.353 e. The van der Waals surface area contributed by atoms with Gasteiger partial charge in [-0.05, 0) is 25.7 Å². The molecule has 8 heteroatoms. The Morgan fingerprint density at radius 1 is 1.08 bits per heavy atom. The summed E-state index contributed by atoms with van der Waals surface area (Å²) in [6, 6.07) is 2.49. The van der Waals surface area contributed by atoms with Gasteiger partial charge >= 0.3 is 0 Å². The highest BCUT2D eigenvalue weighted by atomic mass is 35.5. The Kier molecular flexibility index (Phi) is 6.51. The predicted molar refractivity (Wildman–Crippen MR) is 103 cm³/mol. The van der Waals surface area contributed by atoms with Crippen molar-refractivity contribution in [3.8, 4) is 0 Å². The fourth-order valence-corrected chi connectivity index (χ4v) is 3.52. The van der Waals surface area contributed by atoms with E-state index in [9.17, 15) is 4.79 Å². The van der Waals surface area contributed by atoms with Gasteiger partial charge in [-0.1, -0.05) is 0 Å². The number of carbonyl (C=O) groups excluding carboxylic acids is 1. The van der Waals surface area contributed by atoms with Crippen LogP contribution in [0.4, 0.5) is 5.82 Å². The minimum atomic E-state index is 0. The third kappa shape index (κ3) is 4.36. The van der Waals surface area contributed by atoms with E-state index in [0.29, 0.717) is 17.9 Å². The van der Waals surface area contributed by atoms with E-state index in [1.165, 1.54) is 18.5 Å². The molecule has 2 N–H and O–H groups in total. The first-order chi connectivity index (χ1) is 11.1. The first-order valence-corrected chi connectivity index (χ1v) is 8.75. The molecular weight excluding hydrogens is 361 g/mol. The molecule has 2 saturated carbocycles. The van der Waals surface area contributed by atoms with Gasteiger partial charge in [0.2, 0.25) is 5.91 Å². The Hall–Kier alpha value is -1.11. The highest BCUT2D eigenvalue weighted by molar-refractivity contribution is 5.85. The number of piperazine rings is 1. The Morgan fingerprint density at radius 3 is 2.24 bits per heavy atom. The summed E-state index contributed by atoms with van der Waals surface area (Å²) in [6.07, 6.45) is 4.51. The summed E-state index contributed by atoms with van der Waals surface area (Å²) in [5, 5.41) is 0. The fourth-order valence-electron chi connectivity index (χ4n) is 3.52. The molecular formula is C17H27Cl2N5O. The van der Waals surface area contributed by atoms with Gasteiger partial charge in [-0.25, -0.2) is 9.97 Å². The molecule has 1 amide bonds. The van der Waals surface area contributed by atoms with Crippen molar-refractivity contribution < 1.29 is 4.79 Å². The molecule has 1 aromatic rings. The SMILES string of the molecule is CC(=O)N1CCN(c2cc(C3CC(N)C3)nc(C3CC3)n2)CC1.Cl.Cl. The number of nitrogens with zero attached hydrogens (tertiary/aromatic N) is 4. The number of anilines is 1. The van der Waals surface area contributed by atoms with Crippen LogP contribution in [0.1, 0.15) is 56.0 Å². The van der Waals surface area contributed by atoms with Crippen molar-refractivity contribution in [3.05, 3.63) is 17.6 Å². The van der Waals surface area contributed by atoms with Gasteiger partial charge in [0.15, 0.2) is 0 Å². The van der Waals surface area contributed by atoms with Gasteiger partial charge in [0.05, 0.1) is 0 Å². The molecule has 140 valence electrons. The van der Waals surface area contributed by atoms with Crippen molar-refractivity contribution in [2.45, 2.75) is 50.5 Å². The minimum Gasteiger partial charge on any atom is -0.353 e. The molecule has 0 bridgehead atoms. The lowest BCUT2D eigenvalue weighted by atomic mass is 9.78. The number of aromatic nitrogens is 2. The number of nitrogens with two attached hydrogens (primary N) is 1. The Bertz CT molecular complexity index is 611. The smallest absolute Gasteiger partial charge is 0.219 e. The fraction of sp³-hybridized carbons (Fsp3) is 0.706. The standard InChI is InChI=1S/C17H25N5O.2ClH/c1-11(23)21-4-6-22(7-5-21)16-10-15(13-8-14(18)9-13)19-17(20-16)12-2-3-12;;/h10,12-14H,2-9,18H2,1H3;2*1H. The van der Waals surface area contributed by atoms with E-state index in [1.807, 2.05) is 4.90 Å². The van der Waals surface area contributed by atoms with Crippen LogP contribution in [0.3, 0.4) is 0 Å². The second-order valence-electron chi connectivity index (χ2n) is 7.21. The zero-order valence-corrected chi connectivity index (χ0v) is 16.2. The molecule has 0 spiro atoms. The van der Waals surface area contributed by atoms with Crippen molar-refractivity contribution in [2.75, 3.05) is 31.1 Å². The molecule has 4 rings (SSSR count). The normalized spacial score (nSPS) is 25.5. The molecule has 1 aliphatic heterocycles. The lowest BCUT2D eigenvalue weighted by molar-refractivity contribution is -0.129. The van der Waals surface area contributed by atoms with Gasteiger partial charge in [-0.3, -0.25) is 4.79 Å².